The van der Waals surface area contributed by atoms with Gasteiger partial charge in [-0.15, -0.1) is 11.3 Å². The Balaban J connectivity index is 2.21. The van der Waals surface area contributed by atoms with Crippen LogP contribution in [0.25, 0.3) is 0 Å². The maximum absolute atomic E-state index is 11.2. The van der Waals surface area contributed by atoms with Crippen molar-refractivity contribution in [2.45, 2.75) is 57.9 Å². The van der Waals surface area contributed by atoms with Crippen LogP contribution >= 0.6 is 11.3 Å². The molecule has 0 spiro atoms. The monoisotopic (exact) mass is 295 g/mol. The van der Waals surface area contributed by atoms with Crippen LogP contribution in [0.2, 0.25) is 0 Å². The Morgan fingerprint density at radius 1 is 1.30 bits per heavy atom. The Kier molecular flexibility index (Phi) is 4.86. The van der Waals surface area contributed by atoms with Gasteiger partial charge in [-0.05, 0) is 43.5 Å². The number of hydrogen-bond donors (Lipinski definition) is 1. The molecule has 1 fully saturated rings. The van der Waals surface area contributed by atoms with Crippen LogP contribution in [-0.2, 0) is 10.2 Å². The summed E-state index contributed by atoms with van der Waals surface area (Å²) in [6.45, 7) is 8.67. The maximum atomic E-state index is 11.2. The van der Waals surface area contributed by atoms with Crippen molar-refractivity contribution in [3.8, 4) is 0 Å². The van der Waals surface area contributed by atoms with Crippen LogP contribution in [-0.4, -0.2) is 29.1 Å². The number of hydrogen-bond acceptors (Lipinski definition) is 3. The van der Waals surface area contributed by atoms with Crippen molar-refractivity contribution in [1.82, 2.24) is 4.90 Å². The van der Waals surface area contributed by atoms with Crippen LogP contribution in [0.5, 0.6) is 0 Å². The molecular formula is C16H25NO2S. The summed E-state index contributed by atoms with van der Waals surface area (Å²) in [5.74, 6) is -0.703. The number of carboxylic acids is 1. The Labute approximate surface area is 125 Å². The highest BCUT2D eigenvalue weighted by atomic mass is 32.1. The zero-order valence-corrected chi connectivity index (χ0v) is 13.5. The molecule has 3 nitrogen and oxygen atoms in total. The molecule has 0 aliphatic carbocycles. The van der Waals surface area contributed by atoms with Crippen molar-refractivity contribution in [1.29, 1.82) is 0 Å². The van der Waals surface area contributed by atoms with Crippen LogP contribution in [0, 0.1) is 0 Å². The largest absolute Gasteiger partial charge is 0.481 e. The van der Waals surface area contributed by atoms with Crippen LogP contribution in [0.1, 0.15) is 62.3 Å². The van der Waals surface area contributed by atoms with Crippen molar-refractivity contribution in [2.75, 3.05) is 13.1 Å². The highest BCUT2D eigenvalue weighted by molar-refractivity contribution is 7.12. The van der Waals surface area contributed by atoms with Crippen molar-refractivity contribution < 1.29 is 9.90 Å². The lowest BCUT2D eigenvalue weighted by atomic mass is 9.95. The van der Waals surface area contributed by atoms with E-state index in [9.17, 15) is 9.90 Å². The van der Waals surface area contributed by atoms with Crippen LogP contribution in [0.4, 0.5) is 0 Å². The molecule has 0 amide bonds. The second-order valence-electron chi connectivity index (χ2n) is 6.66. The molecule has 112 valence electrons. The molecule has 1 aromatic heterocycles. The smallest absolute Gasteiger partial charge is 0.305 e. The average molecular weight is 295 g/mol. The maximum Gasteiger partial charge on any atom is 0.305 e. The van der Waals surface area contributed by atoms with Crippen molar-refractivity contribution in [3.05, 3.63) is 21.9 Å². The summed E-state index contributed by atoms with van der Waals surface area (Å²) in [4.78, 5) is 16.1. The molecule has 1 aromatic rings. The molecule has 0 saturated carbocycles. The predicted molar refractivity (Wildman–Crippen MR) is 83.4 cm³/mol. The summed E-state index contributed by atoms with van der Waals surface area (Å²) in [7, 11) is 0. The van der Waals surface area contributed by atoms with Crippen molar-refractivity contribution in [3.63, 3.8) is 0 Å². The molecular weight excluding hydrogens is 270 g/mol. The predicted octanol–water partition coefficient (Wildman–Crippen LogP) is 4.05. The summed E-state index contributed by atoms with van der Waals surface area (Å²) < 4.78 is 0. The van der Waals surface area contributed by atoms with Gasteiger partial charge in [0.05, 0.1) is 12.5 Å². The number of piperidine rings is 1. The number of nitrogens with zero attached hydrogens (tertiary/aromatic N) is 1. The summed E-state index contributed by atoms with van der Waals surface area (Å²) in [5, 5.41) is 9.22. The first-order valence-corrected chi connectivity index (χ1v) is 8.25. The third-order valence-corrected chi connectivity index (χ3v) is 5.51. The minimum atomic E-state index is -0.703. The lowest BCUT2D eigenvalue weighted by Crippen LogP contribution is -2.34. The number of aliphatic carboxylic acids is 1. The SMILES string of the molecule is CC(C)(C)c1ccc(C(CC(=O)O)N2CCCCC2)s1. The first-order chi connectivity index (χ1) is 9.38. The molecule has 0 bridgehead atoms. The molecule has 1 atom stereocenters. The molecule has 4 heteroatoms. The Bertz CT molecular complexity index is 455. The first-order valence-electron chi connectivity index (χ1n) is 7.44. The van der Waals surface area contributed by atoms with Gasteiger partial charge in [0.1, 0.15) is 0 Å². The number of carboxylic acid groups (broad SMARTS) is 1. The Morgan fingerprint density at radius 2 is 1.95 bits per heavy atom. The molecule has 1 aliphatic rings. The van der Waals surface area contributed by atoms with Gasteiger partial charge < -0.3 is 5.11 Å². The van der Waals surface area contributed by atoms with Crippen LogP contribution < -0.4 is 0 Å². The highest BCUT2D eigenvalue weighted by Crippen LogP contribution is 2.36. The van der Waals surface area contributed by atoms with E-state index in [0.29, 0.717) is 0 Å². The Hall–Kier alpha value is -0.870. The summed E-state index contributed by atoms with van der Waals surface area (Å²) >= 11 is 1.78. The van der Waals surface area contributed by atoms with E-state index in [1.165, 1.54) is 29.0 Å². The molecule has 0 radical (unpaired) electrons. The van der Waals surface area contributed by atoms with Crippen molar-refractivity contribution in [2.24, 2.45) is 0 Å². The van der Waals surface area contributed by atoms with E-state index in [1.54, 1.807) is 11.3 Å². The molecule has 2 rings (SSSR count). The number of thiophene rings is 1. The van der Waals surface area contributed by atoms with Gasteiger partial charge in [0.15, 0.2) is 0 Å². The van der Waals surface area contributed by atoms with Gasteiger partial charge in [0.2, 0.25) is 0 Å². The van der Waals surface area contributed by atoms with Crippen LogP contribution in [0.3, 0.4) is 0 Å². The summed E-state index contributed by atoms with van der Waals surface area (Å²) in [6.07, 6.45) is 3.86. The second-order valence-corrected chi connectivity index (χ2v) is 7.78. The van der Waals surface area contributed by atoms with E-state index in [4.69, 9.17) is 0 Å². The molecule has 0 aromatic carbocycles. The third kappa shape index (κ3) is 3.83. The second kappa shape index (κ2) is 6.27. The van der Waals surface area contributed by atoms with E-state index in [0.717, 1.165) is 13.1 Å². The van der Waals surface area contributed by atoms with Gasteiger partial charge >= 0.3 is 5.97 Å². The molecule has 1 aliphatic heterocycles. The fraction of sp³-hybridized carbons (Fsp3) is 0.688. The fourth-order valence-corrected chi connectivity index (χ4v) is 3.94. The zero-order chi connectivity index (χ0) is 14.8. The van der Waals surface area contributed by atoms with Gasteiger partial charge in [0.25, 0.3) is 0 Å². The molecule has 1 N–H and O–H groups in total. The van der Waals surface area contributed by atoms with E-state index >= 15 is 0 Å². The quantitative estimate of drug-likeness (QED) is 0.911. The molecule has 20 heavy (non-hydrogen) atoms. The normalized spacial score (nSPS) is 18.9. The van der Waals surface area contributed by atoms with Gasteiger partial charge in [-0.3, -0.25) is 9.69 Å². The number of likely N-dealkylation sites (tertiary alicyclic amines) is 1. The Morgan fingerprint density at radius 3 is 2.45 bits per heavy atom. The van der Waals surface area contributed by atoms with Crippen molar-refractivity contribution >= 4 is 17.3 Å². The molecule has 1 unspecified atom stereocenters. The standard InChI is InChI=1S/C16H25NO2S/c1-16(2,3)14-8-7-13(20-14)12(11-15(18)19)17-9-5-4-6-10-17/h7-8,12H,4-6,9-11H2,1-3H3,(H,18,19). The lowest BCUT2D eigenvalue weighted by molar-refractivity contribution is -0.138. The summed E-state index contributed by atoms with van der Waals surface area (Å²) in [6, 6.07) is 4.35. The van der Waals surface area contributed by atoms with Gasteiger partial charge in [-0.25, -0.2) is 0 Å². The average Bonchev–Trinajstić information content (AvgIpc) is 2.86. The van der Waals surface area contributed by atoms with Crippen LogP contribution in [0.15, 0.2) is 12.1 Å². The number of carbonyl (C=O) groups is 1. The minimum Gasteiger partial charge on any atom is -0.481 e. The van der Waals surface area contributed by atoms with E-state index < -0.39 is 5.97 Å². The first kappa shape index (κ1) is 15.5. The fourth-order valence-electron chi connectivity index (χ4n) is 2.74. The van der Waals surface area contributed by atoms with Gasteiger partial charge in [-0.2, -0.15) is 0 Å². The lowest BCUT2D eigenvalue weighted by Gasteiger charge is -2.33. The molecule has 1 saturated heterocycles. The zero-order valence-electron chi connectivity index (χ0n) is 12.7. The topological polar surface area (TPSA) is 40.5 Å². The highest BCUT2D eigenvalue weighted by Gasteiger charge is 2.27. The van der Waals surface area contributed by atoms with Gasteiger partial charge in [-0.1, -0.05) is 27.2 Å². The van der Waals surface area contributed by atoms with E-state index in [-0.39, 0.29) is 17.9 Å². The summed E-state index contributed by atoms with van der Waals surface area (Å²) in [5.41, 5.74) is 0.137. The van der Waals surface area contributed by atoms with Gasteiger partial charge in [0, 0.05) is 9.75 Å². The number of rotatable bonds is 4. The van der Waals surface area contributed by atoms with E-state index in [2.05, 4.69) is 37.8 Å². The minimum absolute atomic E-state index is 0.0499. The molecule has 2 heterocycles. The third-order valence-electron chi connectivity index (χ3n) is 3.89. The van der Waals surface area contributed by atoms with E-state index in [1.807, 2.05) is 0 Å².